The predicted molar refractivity (Wildman–Crippen MR) is 66.2 cm³/mol. The molecule has 4 saturated carbocycles. The van der Waals surface area contributed by atoms with E-state index in [1.165, 1.54) is 13.0 Å². The highest BCUT2D eigenvalue weighted by molar-refractivity contribution is 5.14. The van der Waals surface area contributed by atoms with Gasteiger partial charge in [-0.05, 0) is 75.2 Å². The maximum atomic E-state index is 2.78. The van der Waals surface area contributed by atoms with Gasteiger partial charge in [0.15, 0.2) is 0 Å². The Morgan fingerprint density at radius 1 is 0.938 bits per heavy atom. The standard InChI is InChI=1S/C15H25N/c1-10-8-15(16(2)9-10)13-4-11-3-12(6-13)7-14(15)5-11/h10-14H,3-9H2,1-2H3. The van der Waals surface area contributed by atoms with Crippen molar-refractivity contribution in [2.24, 2.45) is 29.6 Å². The minimum absolute atomic E-state index is 0.660. The first-order chi connectivity index (χ1) is 7.68. The number of likely N-dealkylation sites (tertiary alicyclic amines) is 1. The van der Waals surface area contributed by atoms with Crippen LogP contribution in [0, 0.1) is 29.6 Å². The normalized spacial score (nSPS) is 60.0. The number of rotatable bonds is 0. The highest BCUT2D eigenvalue weighted by Crippen LogP contribution is 2.63. The Bertz CT molecular complexity index is 281. The summed E-state index contributed by atoms with van der Waals surface area (Å²) in [6.45, 7) is 3.83. The highest BCUT2D eigenvalue weighted by Gasteiger charge is 2.60. The molecule has 1 unspecified atom stereocenters. The zero-order chi connectivity index (χ0) is 10.9. The second-order valence-electron chi connectivity index (χ2n) is 7.49. The van der Waals surface area contributed by atoms with E-state index in [1.807, 2.05) is 0 Å². The van der Waals surface area contributed by atoms with E-state index >= 15 is 0 Å². The van der Waals surface area contributed by atoms with Crippen LogP contribution in [0.3, 0.4) is 0 Å². The third-order valence-corrected chi connectivity index (χ3v) is 6.52. The maximum Gasteiger partial charge on any atom is 0.0266 e. The van der Waals surface area contributed by atoms with Gasteiger partial charge in [-0.25, -0.2) is 0 Å². The minimum Gasteiger partial charge on any atom is -0.300 e. The lowest BCUT2D eigenvalue weighted by molar-refractivity contribution is -0.112. The summed E-state index contributed by atoms with van der Waals surface area (Å²) in [6.07, 6.45) is 9.39. The molecular weight excluding hydrogens is 194 g/mol. The molecule has 4 aliphatic carbocycles. The Balaban J connectivity index is 1.73. The van der Waals surface area contributed by atoms with Crippen molar-refractivity contribution in [3.63, 3.8) is 0 Å². The van der Waals surface area contributed by atoms with Crippen LogP contribution in [-0.2, 0) is 0 Å². The number of nitrogens with zero attached hydrogens (tertiary/aromatic N) is 1. The first-order valence-electron chi connectivity index (χ1n) is 7.39. The van der Waals surface area contributed by atoms with Gasteiger partial charge in [0.2, 0.25) is 0 Å². The highest BCUT2D eigenvalue weighted by atomic mass is 15.2. The molecule has 0 amide bonds. The molecule has 1 nitrogen and oxygen atoms in total. The number of hydrogen-bond donors (Lipinski definition) is 0. The van der Waals surface area contributed by atoms with Crippen LogP contribution in [-0.4, -0.2) is 24.0 Å². The van der Waals surface area contributed by atoms with E-state index in [4.69, 9.17) is 0 Å². The van der Waals surface area contributed by atoms with Gasteiger partial charge < -0.3 is 0 Å². The van der Waals surface area contributed by atoms with Crippen molar-refractivity contribution >= 4 is 0 Å². The fourth-order valence-corrected chi connectivity index (χ4v) is 6.37. The Labute approximate surface area is 99.6 Å². The van der Waals surface area contributed by atoms with E-state index in [9.17, 15) is 0 Å². The third kappa shape index (κ3) is 1.06. The lowest BCUT2D eigenvalue weighted by Crippen LogP contribution is -2.62. The Morgan fingerprint density at radius 2 is 1.50 bits per heavy atom. The first-order valence-corrected chi connectivity index (χ1v) is 7.39. The van der Waals surface area contributed by atoms with E-state index in [2.05, 4.69) is 18.9 Å². The molecule has 0 aromatic carbocycles. The van der Waals surface area contributed by atoms with Crippen molar-refractivity contribution in [2.45, 2.75) is 51.0 Å². The van der Waals surface area contributed by atoms with Crippen LogP contribution >= 0.6 is 0 Å². The summed E-state index contributed by atoms with van der Waals surface area (Å²) in [7, 11) is 2.42. The van der Waals surface area contributed by atoms with Crippen LogP contribution in [0.4, 0.5) is 0 Å². The van der Waals surface area contributed by atoms with Gasteiger partial charge in [0.05, 0.1) is 0 Å². The predicted octanol–water partition coefficient (Wildman–Crippen LogP) is 3.15. The van der Waals surface area contributed by atoms with Crippen molar-refractivity contribution in [3.05, 3.63) is 0 Å². The van der Waals surface area contributed by atoms with E-state index in [1.54, 1.807) is 32.1 Å². The molecular formula is C15H25N. The Hall–Kier alpha value is -0.0400. The summed E-state index contributed by atoms with van der Waals surface area (Å²) in [5, 5.41) is 0. The van der Waals surface area contributed by atoms with E-state index in [-0.39, 0.29) is 0 Å². The average Bonchev–Trinajstić information content (AvgIpc) is 2.50. The number of hydrogen-bond acceptors (Lipinski definition) is 1. The maximum absolute atomic E-state index is 2.78. The zero-order valence-electron chi connectivity index (χ0n) is 10.8. The van der Waals surface area contributed by atoms with Gasteiger partial charge in [-0.15, -0.1) is 0 Å². The molecule has 1 spiro atoms. The quantitative estimate of drug-likeness (QED) is 0.605. The summed E-state index contributed by atoms with van der Waals surface area (Å²) in [5.41, 5.74) is 0.660. The van der Waals surface area contributed by atoms with E-state index in [0.29, 0.717) is 5.54 Å². The van der Waals surface area contributed by atoms with Gasteiger partial charge in [0.1, 0.15) is 0 Å². The topological polar surface area (TPSA) is 3.24 Å². The van der Waals surface area contributed by atoms with Crippen molar-refractivity contribution < 1.29 is 0 Å². The molecule has 4 bridgehead atoms. The molecule has 1 heterocycles. The first kappa shape index (κ1) is 9.94. The van der Waals surface area contributed by atoms with Gasteiger partial charge in [-0.2, -0.15) is 0 Å². The fourth-order valence-electron chi connectivity index (χ4n) is 6.37. The van der Waals surface area contributed by atoms with Crippen molar-refractivity contribution in [1.29, 1.82) is 0 Å². The van der Waals surface area contributed by atoms with Gasteiger partial charge in [0.25, 0.3) is 0 Å². The van der Waals surface area contributed by atoms with Crippen LogP contribution in [0.2, 0.25) is 0 Å². The summed E-state index contributed by atoms with van der Waals surface area (Å²) < 4.78 is 0. The van der Waals surface area contributed by atoms with Crippen molar-refractivity contribution in [3.8, 4) is 0 Å². The Morgan fingerprint density at radius 3 is 1.94 bits per heavy atom. The lowest BCUT2D eigenvalue weighted by Gasteiger charge is -2.62. The second-order valence-corrected chi connectivity index (χ2v) is 7.49. The van der Waals surface area contributed by atoms with Crippen LogP contribution in [0.1, 0.15) is 45.4 Å². The molecule has 90 valence electrons. The fraction of sp³-hybridized carbons (Fsp3) is 1.00. The van der Waals surface area contributed by atoms with Crippen molar-refractivity contribution in [2.75, 3.05) is 13.6 Å². The average molecular weight is 219 g/mol. The van der Waals surface area contributed by atoms with Crippen LogP contribution in [0.15, 0.2) is 0 Å². The van der Waals surface area contributed by atoms with Crippen LogP contribution in [0.25, 0.3) is 0 Å². The molecule has 1 atom stereocenters. The molecule has 5 aliphatic rings. The van der Waals surface area contributed by atoms with Crippen LogP contribution in [0.5, 0.6) is 0 Å². The molecule has 16 heavy (non-hydrogen) atoms. The van der Waals surface area contributed by atoms with Gasteiger partial charge in [-0.1, -0.05) is 6.92 Å². The summed E-state index contributed by atoms with van der Waals surface area (Å²) in [4.78, 5) is 2.78. The SMILES string of the molecule is CC1CN(C)C2(C1)C1CC3CC(C1)CC2C3. The van der Waals surface area contributed by atoms with Gasteiger partial charge >= 0.3 is 0 Å². The largest absolute Gasteiger partial charge is 0.300 e. The van der Waals surface area contributed by atoms with Gasteiger partial charge in [-0.3, -0.25) is 4.90 Å². The van der Waals surface area contributed by atoms with E-state index < -0.39 is 0 Å². The molecule has 5 fully saturated rings. The molecule has 0 N–H and O–H groups in total. The molecule has 0 radical (unpaired) electrons. The lowest BCUT2D eigenvalue weighted by atomic mass is 9.48. The summed E-state index contributed by atoms with van der Waals surface area (Å²) >= 11 is 0. The zero-order valence-corrected chi connectivity index (χ0v) is 10.8. The molecule has 1 saturated heterocycles. The third-order valence-electron chi connectivity index (χ3n) is 6.52. The summed E-state index contributed by atoms with van der Waals surface area (Å²) in [6, 6.07) is 0. The molecule has 1 heteroatoms. The van der Waals surface area contributed by atoms with E-state index in [0.717, 1.165) is 29.6 Å². The molecule has 5 rings (SSSR count). The monoisotopic (exact) mass is 219 g/mol. The van der Waals surface area contributed by atoms with Gasteiger partial charge in [0, 0.05) is 12.1 Å². The van der Waals surface area contributed by atoms with Crippen LogP contribution < -0.4 is 0 Å². The second kappa shape index (κ2) is 3.04. The summed E-state index contributed by atoms with van der Waals surface area (Å²) in [5.74, 6) is 5.33. The molecule has 1 aliphatic heterocycles. The minimum atomic E-state index is 0.660. The molecule has 0 aromatic heterocycles. The molecule has 0 aromatic rings. The van der Waals surface area contributed by atoms with Crippen molar-refractivity contribution in [1.82, 2.24) is 4.90 Å². The Kier molecular flexibility index (Phi) is 1.89. The smallest absolute Gasteiger partial charge is 0.0266 e.